The molecule has 3 rings (SSSR count). The van der Waals surface area contributed by atoms with Gasteiger partial charge in [-0.1, -0.05) is 17.7 Å². The summed E-state index contributed by atoms with van der Waals surface area (Å²) >= 11 is 6.05. The third-order valence-corrected chi connectivity index (χ3v) is 3.94. The van der Waals surface area contributed by atoms with E-state index in [2.05, 4.69) is 9.97 Å². The molecule has 2 N–H and O–H groups in total. The standard InChI is InChI=1S/C16H15ClN4O/c1-9-5-11(17)3-4-13(9)15-14(6-18)10(2)19-16-20-12(8-22)7-21(15)16/h3-5,7-8H,6,18H2,1-2H3. The number of carbonyl (C=O) groups is 1. The Morgan fingerprint density at radius 2 is 2.09 bits per heavy atom. The number of carbonyl (C=O) groups excluding carboxylic acids is 1. The highest BCUT2D eigenvalue weighted by molar-refractivity contribution is 6.30. The number of halogens is 1. The van der Waals surface area contributed by atoms with Crippen LogP contribution >= 0.6 is 11.6 Å². The molecule has 0 aliphatic rings. The smallest absolute Gasteiger partial charge is 0.235 e. The van der Waals surface area contributed by atoms with Crippen LogP contribution in [0.25, 0.3) is 17.0 Å². The number of rotatable bonds is 3. The minimum atomic E-state index is 0.342. The molecule has 1 aromatic carbocycles. The molecular formula is C16H15ClN4O. The average molecular weight is 315 g/mol. The van der Waals surface area contributed by atoms with Gasteiger partial charge in [0.05, 0.1) is 5.69 Å². The van der Waals surface area contributed by atoms with E-state index in [0.29, 0.717) is 29.3 Å². The van der Waals surface area contributed by atoms with Gasteiger partial charge in [0, 0.05) is 34.6 Å². The molecule has 0 radical (unpaired) electrons. The molecule has 112 valence electrons. The van der Waals surface area contributed by atoms with Crippen molar-refractivity contribution in [1.82, 2.24) is 14.4 Å². The van der Waals surface area contributed by atoms with Crippen LogP contribution in [0.1, 0.15) is 27.3 Å². The van der Waals surface area contributed by atoms with E-state index in [0.717, 1.165) is 28.1 Å². The van der Waals surface area contributed by atoms with E-state index < -0.39 is 0 Å². The van der Waals surface area contributed by atoms with Crippen LogP contribution < -0.4 is 5.73 Å². The second-order valence-corrected chi connectivity index (χ2v) is 5.58. The number of aryl methyl sites for hydroxylation is 2. The van der Waals surface area contributed by atoms with E-state index in [-0.39, 0.29) is 0 Å². The summed E-state index contributed by atoms with van der Waals surface area (Å²) in [6.07, 6.45) is 2.39. The molecule has 0 atom stereocenters. The molecule has 0 unspecified atom stereocenters. The zero-order valence-corrected chi connectivity index (χ0v) is 13.1. The molecule has 22 heavy (non-hydrogen) atoms. The van der Waals surface area contributed by atoms with Crippen molar-refractivity contribution < 1.29 is 4.79 Å². The minimum Gasteiger partial charge on any atom is -0.326 e. The Labute approximate surface area is 132 Å². The number of hydrogen-bond acceptors (Lipinski definition) is 4. The second kappa shape index (κ2) is 5.51. The fraction of sp³-hybridized carbons (Fsp3) is 0.188. The van der Waals surface area contributed by atoms with E-state index in [1.165, 1.54) is 0 Å². The molecule has 0 aliphatic carbocycles. The molecule has 0 aliphatic heterocycles. The Morgan fingerprint density at radius 1 is 1.32 bits per heavy atom. The summed E-state index contributed by atoms with van der Waals surface area (Å²) in [6.45, 7) is 4.23. The number of imidazole rings is 1. The van der Waals surface area contributed by atoms with Crippen LogP contribution in [0.15, 0.2) is 24.4 Å². The van der Waals surface area contributed by atoms with Gasteiger partial charge in [-0.3, -0.25) is 9.20 Å². The first-order valence-electron chi connectivity index (χ1n) is 6.85. The van der Waals surface area contributed by atoms with Crippen molar-refractivity contribution >= 4 is 23.7 Å². The van der Waals surface area contributed by atoms with Crippen LogP contribution in [0.5, 0.6) is 0 Å². The van der Waals surface area contributed by atoms with Crippen molar-refractivity contribution in [1.29, 1.82) is 0 Å². The van der Waals surface area contributed by atoms with Gasteiger partial charge in [0.1, 0.15) is 5.69 Å². The van der Waals surface area contributed by atoms with E-state index in [4.69, 9.17) is 17.3 Å². The monoisotopic (exact) mass is 314 g/mol. The van der Waals surface area contributed by atoms with Gasteiger partial charge in [-0.25, -0.2) is 9.97 Å². The highest BCUT2D eigenvalue weighted by Gasteiger charge is 2.17. The lowest BCUT2D eigenvalue weighted by Gasteiger charge is -2.15. The van der Waals surface area contributed by atoms with Crippen molar-refractivity contribution in [3.05, 3.63) is 51.9 Å². The summed E-state index contributed by atoms with van der Waals surface area (Å²) in [6, 6.07) is 5.69. The van der Waals surface area contributed by atoms with E-state index in [9.17, 15) is 4.79 Å². The molecule has 0 saturated heterocycles. The number of hydrogen-bond donors (Lipinski definition) is 1. The Bertz CT molecular complexity index is 885. The zero-order valence-electron chi connectivity index (χ0n) is 12.3. The van der Waals surface area contributed by atoms with Gasteiger partial charge >= 0.3 is 0 Å². The molecule has 0 fully saturated rings. The summed E-state index contributed by atoms with van der Waals surface area (Å²) in [4.78, 5) is 19.7. The molecule has 0 bridgehead atoms. The molecular weight excluding hydrogens is 300 g/mol. The molecule has 2 aromatic heterocycles. The number of aromatic nitrogens is 3. The van der Waals surface area contributed by atoms with Crippen LogP contribution in [-0.4, -0.2) is 20.7 Å². The molecule has 5 nitrogen and oxygen atoms in total. The largest absolute Gasteiger partial charge is 0.326 e. The SMILES string of the molecule is Cc1cc(Cl)ccc1-c1c(CN)c(C)nc2nc(C=O)cn12. The van der Waals surface area contributed by atoms with Crippen LogP contribution in [0.3, 0.4) is 0 Å². The summed E-state index contributed by atoms with van der Waals surface area (Å²) < 4.78 is 1.81. The normalized spacial score (nSPS) is 11.1. The van der Waals surface area contributed by atoms with Crippen LogP contribution in [0.2, 0.25) is 5.02 Å². The Morgan fingerprint density at radius 3 is 2.73 bits per heavy atom. The highest BCUT2D eigenvalue weighted by atomic mass is 35.5. The fourth-order valence-electron chi connectivity index (χ4n) is 2.65. The van der Waals surface area contributed by atoms with Gasteiger partial charge in [-0.15, -0.1) is 0 Å². The Hall–Kier alpha value is -2.24. The number of benzene rings is 1. The Kier molecular flexibility index (Phi) is 3.68. The Balaban J connectivity index is 2.43. The number of aldehydes is 1. The maximum atomic E-state index is 11.0. The first-order valence-corrected chi connectivity index (χ1v) is 7.23. The third kappa shape index (κ3) is 2.28. The predicted molar refractivity (Wildman–Crippen MR) is 86.2 cm³/mol. The summed E-state index contributed by atoms with van der Waals surface area (Å²) in [5, 5.41) is 0.678. The van der Waals surface area contributed by atoms with Gasteiger partial charge in [-0.05, 0) is 31.5 Å². The van der Waals surface area contributed by atoms with Crippen LogP contribution in [0, 0.1) is 13.8 Å². The van der Waals surface area contributed by atoms with E-state index in [1.54, 1.807) is 6.20 Å². The molecule has 0 amide bonds. The highest BCUT2D eigenvalue weighted by Crippen LogP contribution is 2.30. The quantitative estimate of drug-likeness (QED) is 0.754. The van der Waals surface area contributed by atoms with Crippen LogP contribution in [-0.2, 0) is 6.54 Å². The van der Waals surface area contributed by atoms with Crippen molar-refractivity contribution in [2.75, 3.05) is 0 Å². The predicted octanol–water partition coefficient (Wildman–Crippen LogP) is 2.94. The lowest BCUT2D eigenvalue weighted by atomic mass is 10.00. The topological polar surface area (TPSA) is 73.3 Å². The lowest BCUT2D eigenvalue weighted by Crippen LogP contribution is -2.09. The average Bonchev–Trinajstić information content (AvgIpc) is 2.89. The summed E-state index contributed by atoms with van der Waals surface area (Å²) in [5.41, 5.74) is 10.9. The van der Waals surface area contributed by atoms with E-state index >= 15 is 0 Å². The van der Waals surface area contributed by atoms with E-state index in [1.807, 2.05) is 36.4 Å². The van der Waals surface area contributed by atoms with Gasteiger partial charge in [0.25, 0.3) is 0 Å². The van der Waals surface area contributed by atoms with Crippen LogP contribution in [0.4, 0.5) is 0 Å². The van der Waals surface area contributed by atoms with Gasteiger partial charge in [0.15, 0.2) is 6.29 Å². The van der Waals surface area contributed by atoms with Crippen molar-refractivity contribution in [2.45, 2.75) is 20.4 Å². The molecule has 0 spiro atoms. The summed E-state index contributed by atoms with van der Waals surface area (Å²) in [5.74, 6) is 0.487. The maximum absolute atomic E-state index is 11.0. The second-order valence-electron chi connectivity index (χ2n) is 5.14. The maximum Gasteiger partial charge on any atom is 0.235 e. The number of nitrogens with zero attached hydrogens (tertiary/aromatic N) is 3. The van der Waals surface area contributed by atoms with Crippen molar-refractivity contribution in [3.8, 4) is 11.3 Å². The van der Waals surface area contributed by atoms with Crippen molar-refractivity contribution in [2.24, 2.45) is 5.73 Å². The van der Waals surface area contributed by atoms with Gasteiger partial charge in [-0.2, -0.15) is 0 Å². The lowest BCUT2D eigenvalue weighted by molar-refractivity contribution is 0.111. The first kappa shape index (κ1) is 14.7. The fourth-order valence-corrected chi connectivity index (χ4v) is 2.88. The van der Waals surface area contributed by atoms with Gasteiger partial charge < -0.3 is 5.73 Å². The zero-order chi connectivity index (χ0) is 15.9. The number of nitrogens with two attached hydrogens (primary N) is 1. The first-order chi connectivity index (χ1) is 10.5. The van der Waals surface area contributed by atoms with Gasteiger partial charge in [0.2, 0.25) is 5.78 Å². The van der Waals surface area contributed by atoms with Crippen molar-refractivity contribution in [3.63, 3.8) is 0 Å². The molecule has 6 heteroatoms. The molecule has 0 saturated carbocycles. The minimum absolute atomic E-state index is 0.342. The summed E-state index contributed by atoms with van der Waals surface area (Å²) in [7, 11) is 0. The molecule has 2 heterocycles. The molecule has 3 aromatic rings. The number of fused-ring (bicyclic) bond motifs is 1. The third-order valence-electron chi connectivity index (χ3n) is 3.71.